The van der Waals surface area contributed by atoms with Gasteiger partial charge >= 0.3 is 0 Å². The van der Waals surface area contributed by atoms with Crippen LogP contribution in [0.3, 0.4) is 0 Å². The first-order valence-electron chi connectivity index (χ1n) is 5.01. The zero-order chi connectivity index (χ0) is 11.5. The molecule has 0 bridgehead atoms. The van der Waals surface area contributed by atoms with Gasteiger partial charge < -0.3 is 11.1 Å². The molecule has 4 nitrogen and oxygen atoms in total. The molecule has 16 heavy (non-hydrogen) atoms. The number of nitrogens with one attached hydrogen (secondary N) is 1. The second kappa shape index (κ2) is 4.63. The van der Waals surface area contributed by atoms with Crippen LogP contribution in [0.25, 0.3) is 0 Å². The molecule has 1 aromatic rings. The number of carbonyl (C=O) groups is 1. The third-order valence-electron chi connectivity index (χ3n) is 2.45. The number of anilines is 1. The molecule has 3 N–H and O–H groups in total. The molecule has 2 rings (SSSR count). The zero-order valence-corrected chi connectivity index (χ0v) is 9.32. The minimum absolute atomic E-state index is 0.0147. The van der Waals surface area contributed by atoms with Crippen molar-refractivity contribution in [2.45, 2.75) is 12.5 Å². The van der Waals surface area contributed by atoms with Gasteiger partial charge in [-0.15, -0.1) is 0 Å². The van der Waals surface area contributed by atoms with Crippen LogP contribution in [0.15, 0.2) is 30.5 Å². The van der Waals surface area contributed by atoms with E-state index in [0.717, 1.165) is 0 Å². The van der Waals surface area contributed by atoms with E-state index in [2.05, 4.69) is 10.3 Å². The van der Waals surface area contributed by atoms with Crippen LogP contribution in [0.1, 0.15) is 6.42 Å². The van der Waals surface area contributed by atoms with Gasteiger partial charge in [0.15, 0.2) is 0 Å². The summed E-state index contributed by atoms with van der Waals surface area (Å²) in [5, 5.41) is 3.17. The number of hydrogen-bond acceptors (Lipinski definition) is 3. The van der Waals surface area contributed by atoms with E-state index in [1.807, 2.05) is 12.2 Å². The Hall–Kier alpha value is -1.39. The van der Waals surface area contributed by atoms with Gasteiger partial charge in [0.05, 0.1) is 17.8 Å². The first-order valence-corrected chi connectivity index (χ1v) is 5.39. The molecule has 1 aromatic heterocycles. The highest BCUT2D eigenvalue weighted by atomic mass is 35.5. The molecule has 0 aromatic carbocycles. The van der Waals surface area contributed by atoms with Crippen molar-refractivity contribution in [3.05, 3.63) is 35.6 Å². The van der Waals surface area contributed by atoms with Crippen LogP contribution in [0.4, 0.5) is 5.69 Å². The molecular weight excluding hydrogens is 226 g/mol. The van der Waals surface area contributed by atoms with E-state index in [-0.39, 0.29) is 17.9 Å². The van der Waals surface area contributed by atoms with Crippen LogP contribution >= 0.6 is 11.6 Å². The van der Waals surface area contributed by atoms with E-state index in [0.29, 0.717) is 17.3 Å². The molecule has 1 amide bonds. The van der Waals surface area contributed by atoms with Crippen molar-refractivity contribution in [1.29, 1.82) is 0 Å². The van der Waals surface area contributed by atoms with Gasteiger partial charge in [0, 0.05) is 6.04 Å². The van der Waals surface area contributed by atoms with Gasteiger partial charge in [-0.2, -0.15) is 0 Å². The normalized spacial score (nSPS) is 23.4. The summed E-state index contributed by atoms with van der Waals surface area (Å²) in [4.78, 5) is 15.6. The summed E-state index contributed by atoms with van der Waals surface area (Å²) in [5.41, 5.74) is 6.32. The van der Waals surface area contributed by atoms with Crippen molar-refractivity contribution in [2.75, 3.05) is 5.32 Å². The predicted molar refractivity (Wildman–Crippen MR) is 63.1 cm³/mol. The van der Waals surface area contributed by atoms with Crippen LogP contribution in [0.5, 0.6) is 0 Å². The maximum Gasteiger partial charge on any atom is 0.231 e. The average molecular weight is 238 g/mol. The number of halogens is 1. The fraction of sp³-hybridized carbons (Fsp3) is 0.273. The van der Waals surface area contributed by atoms with Crippen molar-refractivity contribution in [2.24, 2.45) is 11.7 Å². The minimum Gasteiger partial charge on any atom is -0.324 e. The van der Waals surface area contributed by atoms with Gasteiger partial charge in [-0.05, 0) is 18.6 Å². The molecule has 0 spiro atoms. The van der Waals surface area contributed by atoms with Gasteiger partial charge in [0.1, 0.15) is 5.15 Å². The number of carbonyl (C=O) groups excluding carboxylic acids is 1. The highest BCUT2D eigenvalue weighted by Gasteiger charge is 2.22. The summed E-state index contributed by atoms with van der Waals surface area (Å²) in [6.07, 6.45) is 5.87. The van der Waals surface area contributed by atoms with Gasteiger partial charge in [0.2, 0.25) is 5.91 Å². The van der Waals surface area contributed by atoms with Crippen LogP contribution in [-0.4, -0.2) is 16.9 Å². The Kier molecular flexibility index (Phi) is 3.22. The Morgan fingerprint density at radius 2 is 2.31 bits per heavy atom. The Bertz CT molecular complexity index is 416. The standard InChI is InChI=1S/C11H12ClN3O/c12-10-4-3-9(6-14-10)15-11(16)7-1-2-8(13)5-7/h1-4,6-8H,5,13H2,(H,15,16). The molecule has 84 valence electrons. The fourth-order valence-electron chi connectivity index (χ4n) is 1.61. The van der Waals surface area contributed by atoms with Gasteiger partial charge in [-0.25, -0.2) is 4.98 Å². The third-order valence-corrected chi connectivity index (χ3v) is 2.67. The number of hydrogen-bond donors (Lipinski definition) is 2. The molecule has 0 radical (unpaired) electrons. The van der Waals surface area contributed by atoms with Crippen molar-refractivity contribution in [3.8, 4) is 0 Å². The Morgan fingerprint density at radius 3 is 2.88 bits per heavy atom. The Balaban J connectivity index is 1.97. The second-order valence-corrected chi connectivity index (χ2v) is 4.14. The monoisotopic (exact) mass is 237 g/mol. The molecule has 0 saturated carbocycles. The maximum absolute atomic E-state index is 11.8. The molecule has 2 unspecified atom stereocenters. The highest BCUT2D eigenvalue weighted by molar-refractivity contribution is 6.29. The number of nitrogens with zero attached hydrogens (tertiary/aromatic N) is 1. The van der Waals surface area contributed by atoms with Gasteiger partial charge in [0.25, 0.3) is 0 Å². The quantitative estimate of drug-likeness (QED) is 0.606. The topological polar surface area (TPSA) is 68.0 Å². The Labute approximate surface area is 98.5 Å². The molecule has 0 fully saturated rings. The highest BCUT2D eigenvalue weighted by Crippen LogP contribution is 2.18. The van der Waals surface area contributed by atoms with Crippen LogP contribution < -0.4 is 11.1 Å². The summed E-state index contributed by atoms with van der Waals surface area (Å²) in [5.74, 6) is -0.209. The predicted octanol–water partition coefficient (Wildman–Crippen LogP) is 1.58. The van der Waals surface area contributed by atoms with E-state index < -0.39 is 0 Å². The van der Waals surface area contributed by atoms with Crippen molar-refractivity contribution < 1.29 is 4.79 Å². The van der Waals surface area contributed by atoms with E-state index in [9.17, 15) is 4.79 Å². The first kappa shape index (κ1) is 11.1. The summed E-state index contributed by atoms with van der Waals surface area (Å²) in [7, 11) is 0. The van der Waals surface area contributed by atoms with E-state index in [1.54, 1.807) is 12.1 Å². The third kappa shape index (κ3) is 2.59. The van der Waals surface area contributed by atoms with E-state index >= 15 is 0 Å². The number of rotatable bonds is 2. The van der Waals surface area contributed by atoms with Gasteiger partial charge in [-0.1, -0.05) is 23.8 Å². The first-order chi connectivity index (χ1) is 7.65. The fourth-order valence-corrected chi connectivity index (χ4v) is 1.72. The average Bonchev–Trinajstić information content (AvgIpc) is 2.68. The number of pyridine rings is 1. The summed E-state index contributed by atoms with van der Waals surface area (Å²) >= 11 is 5.64. The summed E-state index contributed by atoms with van der Waals surface area (Å²) < 4.78 is 0. The number of amides is 1. The molecule has 1 aliphatic rings. The minimum atomic E-state index is -0.148. The van der Waals surface area contributed by atoms with Crippen molar-refractivity contribution >= 4 is 23.2 Å². The SMILES string of the molecule is NC1C=CC(C(=O)Nc2ccc(Cl)nc2)C1. The van der Waals surface area contributed by atoms with Crippen LogP contribution in [0, 0.1) is 5.92 Å². The number of aromatic nitrogens is 1. The molecule has 1 heterocycles. The Morgan fingerprint density at radius 1 is 1.50 bits per heavy atom. The molecule has 2 atom stereocenters. The largest absolute Gasteiger partial charge is 0.324 e. The van der Waals surface area contributed by atoms with Gasteiger partial charge in [-0.3, -0.25) is 4.79 Å². The molecule has 0 saturated heterocycles. The summed E-state index contributed by atoms with van der Waals surface area (Å²) in [6, 6.07) is 3.33. The lowest BCUT2D eigenvalue weighted by atomic mass is 10.1. The molecule has 1 aliphatic carbocycles. The zero-order valence-electron chi connectivity index (χ0n) is 8.56. The lowest BCUT2D eigenvalue weighted by Crippen LogP contribution is -2.23. The summed E-state index contributed by atoms with van der Waals surface area (Å²) in [6.45, 7) is 0. The number of nitrogens with two attached hydrogens (primary N) is 1. The van der Waals surface area contributed by atoms with Crippen molar-refractivity contribution in [1.82, 2.24) is 4.98 Å². The maximum atomic E-state index is 11.8. The van der Waals surface area contributed by atoms with Crippen LogP contribution in [0.2, 0.25) is 5.15 Å². The van der Waals surface area contributed by atoms with E-state index in [4.69, 9.17) is 17.3 Å². The smallest absolute Gasteiger partial charge is 0.231 e. The molecule has 0 aliphatic heterocycles. The van der Waals surface area contributed by atoms with E-state index in [1.165, 1.54) is 6.20 Å². The lowest BCUT2D eigenvalue weighted by molar-refractivity contribution is -0.118. The lowest BCUT2D eigenvalue weighted by Gasteiger charge is -2.10. The molecule has 5 heteroatoms. The van der Waals surface area contributed by atoms with Crippen LogP contribution in [-0.2, 0) is 4.79 Å². The second-order valence-electron chi connectivity index (χ2n) is 3.75. The molecular formula is C11H12ClN3O. The van der Waals surface area contributed by atoms with Crippen molar-refractivity contribution in [3.63, 3.8) is 0 Å².